The summed E-state index contributed by atoms with van der Waals surface area (Å²) in [4.78, 5) is 25.9. The number of sulfone groups is 1. The second kappa shape index (κ2) is 9.29. The zero-order chi connectivity index (χ0) is 20.9. The molecule has 1 aliphatic heterocycles. The molecule has 2 rings (SSSR count). The number of benzene rings is 1. The lowest BCUT2D eigenvalue weighted by Gasteiger charge is -2.22. The van der Waals surface area contributed by atoms with Gasteiger partial charge in [0.2, 0.25) is 0 Å². The Labute approximate surface area is 169 Å². The smallest absolute Gasteiger partial charge is 0.352 e. The molecule has 9 heteroatoms. The molecule has 0 saturated carbocycles. The van der Waals surface area contributed by atoms with Crippen molar-refractivity contribution < 1.29 is 27.5 Å². The molecule has 0 fully saturated rings. The van der Waals surface area contributed by atoms with E-state index in [1.807, 2.05) is 24.3 Å². The lowest BCUT2D eigenvalue weighted by atomic mass is 10.2. The summed E-state index contributed by atoms with van der Waals surface area (Å²) in [5, 5.41) is 0.328. The van der Waals surface area contributed by atoms with Crippen molar-refractivity contribution >= 4 is 39.2 Å². The highest BCUT2D eigenvalue weighted by Gasteiger charge is 2.35. The van der Waals surface area contributed by atoms with Gasteiger partial charge in [0.25, 0.3) is 0 Å². The highest BCUT2D eigenvalue weighted by atomic mass is 32.2. The number of unbranched alkanes of at least 4 members (excludes halogenated alkanes) is 1. The van der Waals surface area contributed by atoms with Crippen LogP contribution in [0, 0.1) is 0 Å². The number of nitrogens with zero attached hydrogens (tertiary/aromatic N) is 1. The Bertz CT molecular complexity index is 920. The molecule has 0 aliphatic carbocycles. The average molecular weight is 426 g/mol. The van der Waals surface area contributed by atoms with Crippen LogP contribution in [0.2, 0.25) is 0 Å². The number of fused-ring (bicyclic) bond motifs is 1. The third-order valence-corrected chi connectivity index (χ3v) is 6.32. The Hall–Kier alpha value is -2.26. The molecule has 1 aromatic carbocycles. The molecule has 0 bridgehead atoms. The molecule has 0 amide bonds. The van der Waals surface area contributed by atoms with Crippen molar-refractivity contribution in [3.05, 3.63) is 46.4 Å². The molecule has 0 N–H and O–H groups in total. The summed E-state index contributed by atoms with van der Waals surface area (Å²) in [5.74, 6) is -1.33. The fourth-order valence-electron chi connectivity index (χ4n) is 2.58. The number of methoxy groups -OCH3 is 1. The molecule has 1 heterocycles. The minimum Gasteiger partial charge on any atom is -0.465 e. The van der Waals surface area contributed by atoms with E-state index in [1.165, 1.54) is 11.8 Å². The van der Waals surface area contributed by atoms with Crippen LogP contribution in [-0.4, -0.2) is 46.9 Å². The van der Waals surface area contributed by atoms with Gasteiger partial charge in [0.15, 0.2) is 14.7 Å². The number of thioether (sulfide) groups is 1. The lowest BCUT2D eigenvalue weighted by molar-refractivity contribution is -0.139. The molecule has 1 aromatic rings. The van der Waals surface area contributed by atoms with Crippen LogP contribution in [0.5, 0.6) is 0 Å². The van der Waals surface area contributed by atoms with E-state index in [0.717, 1.165) is 23.9 Å². The van der Waals surface area contributed by atoms with Gasteiger partial charge in [0, 0.05) is 23.3 Å². The molecule has 0 atom stereocenters. The Kier molecular flexibility index (Phi) is 7.31. The van der Waals surface area contributed by atoms with E-state index >= 15 is 0 Å². The first-order chi connectivity index (χ1) is 13.2. The lowest BCUT2D eigenvalue weighted by Crippen LogP contribution is -2.26. The molecule has 7 nitrogen and oxygen atoms in total. The van der Waals surface area contributed by atoms with E-state index in [-0.39, 0.29) is 11.5 Å². The monoisotopic (exact) mass is 425 g/mol. The quantitative estimate of drug-likeness (QED) is 0.357. The van der Waals surface area contributed by atoms with Crippen molar-refractivity contribution in [2.45, 2.75) is 24.7 Å². The third kappa shape index (κ3) is 5.17. The van der Waals surface area contributed by atoms with Crippen LogP contribution in [0.1, 0.15) is 19.8 Å². The van der Waals surface area contributed by atoms with Crippen LogP contribution in [0.4, 0.5) is 5.69 Å². The first-order valence-electron chi connectivity index (χ1n) is 8.56. The van der Waals surface area contributed by atoms with Gasteiger partial charge in [-0.2, -0.15) is 0 Å². The van der Waals surface area contributed by atoms with Crippen LogP contribution in [0.15, 0.2) is 51.2 Å². The van der Waals surface area contributed by atoms with Crippen molar-refractivity contribution in [3.8, 4) is 0 Å². The summed E-state index contributed by atoms with van der Waals surface area (Å²) in [6, 6.07) is 7.43. The van der Waals surface area contributed by atoms with Gasteiger partial charge < -0.3 is 14.4 Å². The van der Waals surface area contributed by atoms with E-state index in [4.69, 9.17) is 9.47 Å². The number of ether oxygens (including phenoxy) is 2. The Balaban J connectivity index is 2.24. The first kappa shape index (κ1) is 22.0. The van der Waals surface area contributed by atoms with Crippen molar-refractivity contribution in [1.82, 2.24) is 0 Å². The fourth-order valence-corrected chi connectivity index (χ4v) is 5.08. The van der Waals surface area contributed by atoms with Gasteiger partial charge in [-0.1, -0.05) is 30.5 Å². The predicted octanol–water partition coefficient (Wildman–Crippen LogP) is 2.88. The standard InChI is InChI=1S/C19H23NO6S2/c1-13(2)18(21)26-12-8-7-11-20-14-9-5-6-10-15(14)27-17(20)16(19(22)25-3)28(4,23)24/h5-6,9-10H,1,7-8,11-12H2,2-4H3. The summed E-state index contributed by atoms with van der Waals surface area (Å²) >= 11 is 1.22. The Morgan fingerprint density at radius 1 is 1.18 bits per heavy atom. The molecular formula is C19H23NO6S2. The van der Waals surface area contributed by atoms with E-state index in [0.29, 0.717) is 30.0 Å². The summed E-state index contributed by atoms with van der Waals surface area (Å²) < 4.78 is 34.3. The fraction of sp³-hybridized carbons (Fsp3) is 0.368. The van der Waals surface area contributed by atoms with Crippen LogP contribution in [0.25, 0.3) is 0 Å². The van der Waals surface area contributed by atoms with Crippen molar-refractivity contribution in [3.63, 3.8) is 0 Å². The van der Waals surface area contributed by atoms with Gasteiger partial charge in [-0.3, -0.25) is 0 Å². The first-order valence-corrected chi connectivity index (χ1v) is 11.3. The predicted molar refractivity (Wildman–Crippen MR) is 109 cm³/mol. The molecule has 0 aromatic heterocycles. The molecule has 0 spiro atoms. The van der Waals surface area contributed by atoms with Gasteiger partial charge in [-0.15, -0.1) is 0 Å². The third-order valence-electron chi connectivity index (χ3n) is 3.90. The number of carbonyl (C=O) groups excluding carboxylic acids is 2. The summed E-state index contributed by atoms with van der Waals surface area (Å²) in [5.41, 5.74) is 1.16. The normalized spacial score (nSPS) is 15.0. The van der Waals surface area contributed by atoms with E-state index in [2.05, 4.69) is 6.58 Å². The molecular weight excluding hydrogens is 402 g/mol. The second-order valence-electron chi connectivity index (χ2n) is 6.24. The zero-order valence-electron chi connectivity index (χ0n) is 16.1. The summed E-state index contributed by atoms with van der Waals surface area (Å²) in [6.07, 6.45) is 2.20. The highest BCUT2D eigenvalue weighted by molar-refractivity contribution is 8.05. The van der Waals surface area contributed by atoms with Crippen LogP contribution in [0.3, 0.4) is 0 Å². The number of para-hydroxylation sites is 1. The molecule has 152 valence electrons. The van der Waals surface area contributed by atoms with Gasteiger partial charge >= 0.3 is 11.9 Å². The zero-order valence-corrected chi connectivity index (χ0v) is 17.7. The van der Waals surface area contributed by atoms with Gasteiger partial charge in [0.1, 0.15) is 5.03 Å². The second-order valence-corrected chi connectivity index (χ2v) is 9.23. The van der Waals surface area contributed by atoms with E-state index in [1.54, 1.807) is 11.8 Å². The minimum atomic E-state index is -3.80. The van der Waals surface area contributed by atoms with E-state index < -0.39 is 21.8 Å². The van der Waals surface area contributed by atoms with Crippen molar-refractivity contribution in [1.29, 1.82) is 0 Å². The number of anilines is 1. The number of rotatable bonds is 8. The number of carbonyl (C=O) groups is 2. The van der Waals surface area contributed by atoms with Gasteiger partial charge in [-0.05, 0) is 31.9 Å². The van der Waals surface area contributed by atoms with Crippen molar-refractivity contribution in [2.75, 3.05) is 31.4 Å². The average Bonchev–Trinajstić information content (AvgIpc) is 2.97. The summed E-state index contributed by atoms with van der Waals surface area (Å²) in [7, 11) is -2.65. The number of hydrogen-bond acceptors (Lipinski definition) is 8. The Morgan fingerprint density at radius 2 is 1.86 bits per heavy atom. The van der Waals surface area contributed by atoms with Crippen molar-refractivity contribution in [2.24, 2.45) is 0 Å². The maximum atomic E-state index is 12.3. The number of esters is 2. The minimum absolute atomic E-state index is 0.239. The van der Waals surface area contributed by atoms with Crippen LogP contribution in [-0.2, 0) is 28.9 Å². The Morgan fingerprint density at radius 3 is 2.46 bits per heavy atom. The van der Waals surface area contributed by atoms with Crippen LogP contribution < -0.4 is 4.90 Å². The summed E-state index contributed by atoms with van der Waals surface area (Å²) in [6.45, 7) is 5.80. The largest absolute Gasteiger partial charge is 0.465 e. The van der Waals surface area contributed by atoms with Crippen LogP contribution >= 0.6 is 11.8 Å². The SMILES string of the molecule is C=C(C)C(=O)OCCCCN1C(=C(C(=O)OC)S(C)(=O)=O)Sc2ccccc21. The maximum absolute atomic E-state index is 12.3. The molecule has 0 saturated heterocycles. The van der Waals surface area contributed by atoms with Gasteiger partial charge in [0.05, 0.1) is 19.4 Å². The van der Waals surface area contributed by atoms with E-state index in [9.17, 15) is 18.0 Å². The molecule has 1 aliphatic rings. The molecule has 0 radical (unpaired) electrons. The number of hydrogen-bond donors (Lipinski definition) is 0. The maximum Gasteiger partial charge on any atom is 0.352 e. The van der Waals surface area contributed by atoms with Gasteiger partial charge in [-0.25, -0.2) is 18.0 Å². The molecule has 0 unspecified atom stereocenters. The molecule has 28 heavy (non-hydrogen) atoms. The highest BCUT2D eigenvalue weighted by Crippen LogP contribution is 2.47. The topological polar surface area (TPSA) is 90.0 Å².